The highest BCUT2D eigenvalue weighted by Gasteiger charge is 2.44. The van der Waals surface area contributed by atoms with Gasteiger partial charge in [-0.3, -0.25) is 0 Å². The number of rotatable bonds is 3. The average molecular weight is 367 g/mol. The number of aliphatic hydroxyl groups excluding tert-OH is 1. The molecule has 0 bridgehead atoms. The Labute approximate surface area is 138 Å². The summed E-state index contributed by atoms with van der Waals surface area (Å²) in [6.07, 6.45) is 1.16. The second kappa shape index (κ2) is 5.73. The smallest absolute Gasteiger partial charge is 0.0909 e. The maximum atomic E-state index is 11.0. The van der Waals surface area contributed by atoms with Crippen molar-refractivity contribution in [3.05, 3.63) is 68.7 Å². The van der Waals surface area contributed by atoms with Gasteiger partial charge in [0.15, 0.2) is 0 Å². The van der Waals surface area contributed by atoms with Gasteiger partial charge in [0.2, 0.25) is 0 Å². The van der Waals surface area contributed by atoms with E-state index in [0.29, 0.717) is 11.6 Å². The molecule has 0 saturated carbocycles. The quantitative estimate of drug-likeness (QED) is 0.863. The first-order chi connectivity index (χ1) is 10.1. The topological polar surface area (TPSA) is 46.2 Å². The fourth-order valence-corrected chi connectivity index (χ4v) is 4.24. The normalized spacial score (nSPS) is 22.1. The lowest BCUT2D eigenvalue weighted by atomic mass is 9.74. The molecule has 0 fully saturated rings. The van der Waals surface area contributed by atoms with Gasteiger partial charge in [-0.2, -0.15) is 0 Å². The summed E-state index contributed by atoms with van der Waals surface area (Å²) in [6, 6.07) is 13.7. The Balaban J connectivity index is 2.09. The molecule has 0 spiro atoms. The molecule has 0 heterocycles. The standard InChI is InChI=1S/C17H17BrClNO/c18-15-9-12(19)5-6-13(15)16(21)17(10-20)8-7-11-3-1-2-4-14(11)17/h1-6,9,16,21H,7-8,10,20H2. The van der Waals surface area contributed by atoms with Crippen LogP contribution in [0.3, 0.4) is 0 Å². The first kappa shape index (κ1) is 15.0. The van der Waals surface area contributed by atoms with Crippen molar-refractivity contribution in [2.75, 3.05) is 6.54 Å². The van der Waals surface area contributed by atoms with E-state index in [1.165, 1.54) is 11.1 Å². The van der Waals surface area contributed by atoms with Crippen LogP contribution < -0.4 is 5.73 Å². The largest absolute Gasteiger partial charge is 0.387 e. The SMILES string of the molecule is NCC1(C(O)c2ccc(Cl)cc2Br)CCc2ccccc21. The van der Waals surface area contributed by atoms with Crippen molar-refractivity contribution in [1.82, 2.24) is 0 Å². The Morgan fingerprint density at radius 1 is 1.29 bits per heavy atom. The predicted octanol–water partition coefficient (Wildman–Crippen LogP) is 3.98. The summed E-state index contributed by atoms with van der Waals surface area (Å²) >= 11 is 9.50. The lowest BCUT2D eigenvalue weighted by Crippen LogP contribution is -2.39. The third-order valence-electron chi connectivity index (χ3n) is 4.54. The molecule has 2 nitrogen and oxygen atoms in total. The van der Waals surface area contributed by atoms with Gasteiger partial charge in [0.1, 0.15) is 0 Å². The summed E-state index contributed by atoms with van der Waals surface area (Å²) < 4.78 is 0.819. The first-order valence-electron chi connectivity index (χ1n) is 7.00. The molecule has 21 heavy (non-hydrogen) atoms. The van der Waals surface area contributed by atoms with Crippen LogP contribution in [0.5, 0.6) is 0 Å². The highest BCUT2D eigenvalue weighted by Crippen LogP contribution is 2.48. The molecule has 1 aliphatic carbocycles. The van der Waals surface area contributed by atoms with Gasteiger partial charge in [-0.1, -0.05) is 57.9 Å². The molecule has 2 aromatic carbocycles. The number of aryl methyl sites for hydroxylation is 1. The molecule has 0 aromatic heterocycles. The third kappa shape index (κ3) is 2.42. The summed E-state index contributed by atoms with van der Waals surface area (Å²) in [5.41, 5.74) is 8.96. The molecule has 110 valence electrons. The van der Waals surface area contributed by atoms with Gasteiger partial charge < -0.3 is 10.8 Å². The van der Waals surface area contributed by atoms with Gasteiger partial charge in [0, 0.05) is 21.5 Å². The highest BCUT2D eigenvalue weighted by molar-refractivity contribution is 9.10. The molecular formula is C17H17BrClNO. The van der Waals surface area contributed by atoms with Crippen molar-refractivity contribution in [3.63, 3.8) is 0 Å². The zero-order valence-electron chi connectivity index (χ0n) is 11.5. The number of hydrogen-bond donors (Lipinski definition) is 2. The van der Waals surface area contributed by atoms with Crippen molar-refractivity contribution in [1.29, 1.82) is 0 Å². The van der Waals surface area contributed by atoms with E-state index < -0.39 is 11.5 Å². The molecule has 0 radical (unpaired) electrons. The van der Waals surface area contributed by atoms with E-state index in [1.54, 1.807) is 6.07 Å². The van der Waals surface area contributed by atoms with E-state index in [9.17, 15) is 5.11 Å². The van der Waals surface area contributed by atoms with E-state index >= 15 is 0 Å². The van der Waals surface area contributed by atoms with Crippen LogP contribution in [-0.2, 0) is 11.8 Å². The average Bonchev–Trinajstić information content (AvgIpc) is 2.87. The van der Waals surface area contributed by atoms with E-state index in [4.69, 9.17) is 17.3 Å². The van der Waals surface area contributed by atoms with Crippen LogP contribution in [0.4, 0.5) is 0 Å². The lowest BCUT2D eigenvalue weighted by Gasteiger charge is -2.35. The number of benzene rings is 2. The summed E-state index contributed by atoms with van der Waals surface area (Å²) in [5, 5.41) is 11.7. The Morgan fingerprint density at radius 2 is 2.05 bits per heavy atom. The van der Waals surface area contributed by atoms with Crippen molar-refractivity contribution in [2.24, 2.45) is 5.73 Å². The Hall–Kier alpha value is -0.870. The van der Waals surface area contributed by atoms with Gasteiger partial charge >= 0.3 is 0 Å². The van der Waals surface area contributed by atoms with Gasteiger partial charge in [-0.05, 0) is 41.7 Å². The molecule has 1 aliphatic rings. The predicted molar refractivity (Wildman–Crippen MR) is 89.6 cm³/mol. The lowest BCUT2D eigenvalue weighted by molar-refractivity contribution is 0.0834. The van der Waals surface area contributed by atoms with Crippen LogP contribution in [0.25, 0.3) is 0 Å². The summed E-state index contributed by atoms with van der Waals surface area (Å²) in [7, 11) is 0. The summed E-state index contributed by atoms with van der Waals surface area (Å²) in [4.78, 5) is 0. The highest BCUT2D eigenvalue weighted by atomic mass is 79.9. The van der Waals surface area contributed by atoms with Crippen molar-refractivity contribution >= 4 is 27.5 Å². The fourth-order valence-electron chi connectivity index (χ4n) is 3.35. The van der Waals surface area contributed by atoms with Crippen molar-refractivity contribution in [3.8, 4) is 0 Å². The molecule has 2 aromatic rings. The van der Waals surface area contributed by atoms with Crippen LogP contribution in [0, 0.1) is 0 Å². The number of fused-ring (bicyclic) bond motifs is 1. The molecule has 2 atom stereocenters. The van der Waals surface area contributed by atoms with Crippen LogP contribution in [0.15, 0.2) is 46.9 Å². The monoisotopic (exact) mass is 365 g/mol. The second-order valence-electron chi connectivity index (χ2n) is 5.59. The molecule has 3 rings (SSSR count). The van der Waals surface area contributed by atoms with Crippen molar-refractivity contribution < 1.29 is 5.11 Å². The molecule has 3 N–H and O–H groups in total. The maximum Gasteiger partial charge on any atom is 0.0909 e. The molecular weight excluding hydrogens is 350 g/mol. The minimum atomic E-state index is -0.655. The zero-order chi connectivity index (χ0) is 15.0. The maximum absolute atomic E-state index is 11.0. The van der Waals surface area contributed by atoms with Crippen molar-refractivity contribution in [2.45, 2.75) is 24.4 Å². The van der Waals surface area contributed by atoms with Gasteiger partial charge in [-0.15, -0.1) is 0 Å². The Kier molecular flexibility index (Phi) is 4.10. The fraction of sp³-hybridized carbons (Fsp3) is 0.294. The molecule has 0 amide bonds. The number of hydrogen-bond acceptors (Lipinski definition) is 2. The van der Waals surface area contributed by atoms with E-state index in [0.717, 1.165) is 22.9 Å². The van der Waals surface area contributed by atoms with Crippen LogP contribution in [0.1, 0.15) is 29.2 Å². The minimum absolute atomic E-state index is 0.417. The van der Waals surface area contributed by atoms with Crippen LogP contribution >= 0.6 is 27.5 Å². The van der Waals surface area contributed by atoms with Gasteiger partial charge in [-0.25, -0.2) is 0 Å². The summed E-state index contributed by atoms with van der Waals surface area (Å²) in [5.74, 6) is 0. The number of nitrogens with two attached hydrogens (primary N) is 1. The third-order valence-corrected chi connectivity index (χ3v) is 5.46. The molecule has 4 heteroatoms. The van der Waals surface area contributed by atoms with Gasteiger partial charge in [0.25, 0.3) is 0 Å². The first-order valence-corrected chi connectivity index (χ1v) is 8.17. The minimum Gasteiger partial charge on any atom is -0.387 e. The number of aliphatic hydroxyl groups is 1. The molecule has 2 unspecified atom stereocenters. The Morgan fingerprint density at radius 3 is 2.76 bits per heavy atom. The zero-order valence-corrected chi connectivity index (χ0v) is 13.9. The van der Waals surface area contributed by atoms with Crippen LogP contribution in [-0.4, -0.2) is 11.7 Å². The Bertz CT molecular complexity index is 676. The summed E-state index contributed by atoms with van der Waals surface area (Å²) in [6.45, 7) is 0.417. The second-order valence-corrected chi connectivity index (χ2v) is 6.88. The molecule has 0 aliphatic heterocycles. The van der Waals surface area contributed by atoms with E-state index in [-0.39, 0.29) is 0 Å². The molecule has 0 saturated heterocycles. The van der Waals surface area contributed by atoms with E-state index in [2.05, 4.69) is 28.1 Å². The van der Waals surface area contributed by atoms with E-state index in [1.807, 2.05) is 24.3 Å². The van der Waals surface area contributed by atoms with Crippen LogP contribution in [0.2, 0.25) is 5.02 Å². The number of halogens is 2. The van der Waals surface area contributed by atoms with Gasteiger partial charge in [0.05, 0.1) is 6.10 Å².